The summed E-state index contributed by atoms with van der Waals surface area (Å²) in [4.78, 5) is 25.4. The van der Waals surface area contributed by atoms with Gasteiger partial charge >= 0.3 is 12.1 Å². The van der Waals surface area contributed by atoms with E-state index in [1.54, 1.807) is 43.3 Å². The van der Waals surface area contributed by atoms with E-state index in [9.17, 15) is 23.5 Å². The first kappa shape index (κ1) is 29.0. The highest BCUT2D eigenvalue weighted by molar-refractivity contribution is 5.72. The second-order valence-corrected chi connectivity index (χ2v) is 8.67. The number of carbonyl (C=O) groups is 2. The molecule has 0 spiro atoms. The molecular weight excluding hydrogens is 472 g/mol. The van der Waals surface area contributed by atoms with Crippen LogP contribution >= 0.6 is 0 Å². The summed E-state index contributed by atoms with van der Waals surface area (Å²) in [6.07, 6.45) is -0.814. The lowest BCUT2D eigenvalue weighted by atomic mass is 10.1. The van der Waals surface area contributed by atoms with Crippen LogP contribution in [0, 0.1) is 6.92 Å². The normalized spacial score (nSPS) is 12.1. The zero-order valence-electron chi connectivity index (χ0n) is 21.0. The predicted octanol–water partition coefficient (Wildman–Crippen LogP) is 5.73. The average Bonchev–Trinajstić information content (AvgIpc) is 2.82. The quantitative estimate of drug-likeness (QED) is 0.310. The van der Waals surface area contributed by atoms with Crippen LogP contribution in [0.3, 0.4) is 0 Å². The van der Waals surface area contributed by atoms with Crippen molar-refractivity contribution >= 4 is 12.1 Å². The molecule has 1 atom stereocenters. The van der Waals surface area contributed by atoms with Crippen molar-refractivity contribution in [2.24, 2.45) is 0 Å². The largest absolute Gasteiger partial charge is 0.492 e. The van der Waals surface area contributed by atoms with Gasteiger partial charge in [0.25, 0.3) is 0 Å². The van der Waals surface area contributed by atoms with E-state index in [0.29, 0.717) is 24.5 Å². The number of alkyl halides is 2. The van der Waals surface area contributed by atoms with E-state index in [-0.39, 0.29) is 39.0 Å². The molecule has 0 aliphatic heterocycles. The van der Waals surface area contributed by atoms with Gasteiger partial charge in [-0.3, -0.25) is 0 Å². The van der Waals surface area contributed by atoms with E-state index < -0.39 is 24.1 Å². The Morgan fingerprint density at radius 1 is 1.00 bits per heavy atom. The Hall–Kier alpha value is -3.20. The van der Waals surface area contributed by atoms with Crippen LogP contribution in [0.15, 0.2) is 48.5 Å². The summed E-state index contributed by atoms with van der Waals surface area (Å²) in [6.45, 7) is 5.50. The van der Waals surface area contributed by atoms with E-state index in [1.165, 1.54) is 4.90 Å². The van der Waals surface area contributed by atoms with Gasteiger partial charge < -0.3 is 24.2 Å². The fraction of sp³-hybridized carbons (Fsp3) is 0.481. The molecule has 1 N–H and O–H groups in total. The Labute approximate surface area is 211 Å². The average molecular weight is 508 g/mol. The van der Waals surface area contributed by atoms with Crippen LogP contribution in [0.5, 0.6) is 11.5 Å². The number of hydrogen-bond acceptors (Lipinski definition) is 5. The number of carboxylic acids is 1. The third-order valence-corrected chi connectivity index (χ3v) is 5.40. The molecule has 2 rings (SSSR count). The highest BCUT2D eigenvalue weighted by Gasteiger charge is 2.21. The lowest BCUT2D eigenvalue weighted by Crippen LogP contribution is -2.37. The van der Waals surface area contributed by atoms with Crippen molar-refractivity contribution in [3.05, 3.63) is 59.7 Å². The molecule has 2 aromatic carbocycles. The molecule has 1 unspecified atom stereocenters. The van der Waals surface area contributed by atoms with E-state index in [1.807, 2.05) is 19.1 Å². The summed E-state index contributed by atoms with van der Waals surface area (Å²) in [5.41, 5.74) is 1.82. The summed E-state index contributed by atoms with van der Waals surface area (Å²) in [7, 11) is 0. The Kier molecular flexibility index (Phi) is 11.6. The van der Waals surface area contributed by atoms with Gasteiger partial charge in [0, 0.05) is 26.0 Å². The maximum atomic E-state index is 13.1. The molecule has 0 aliphatic rings. The molecule has 198 valence electrons. The maximum absolute atomic E-state index is 13.1. The number of rotatable bonds is 15. The number of carbonyl (C=O) groups excluding carboxylic acids is 1. The first-order chi connectivity index (χ1) is 17.1. The summed E-state index contributed by atoms with van der Waals surface area (Å²) < 4.78 is 42.7. The number of nitrogens with zero attached hydrogens (tertiary/aromatic N) is 1. The molecule has 0 bridgehead atoms. The third-order valence-electron chi connectivity index (χ3n) is 5.40. The number of halogens is 2. The number of aliphatic carboxylic acids is 1. The molecule has 0 aromatic heterocycles. The van der Waals surface area contributed by atoms with Crippen molar-refractivity contribution in [1.29, 1.82) is 0 Å². The standard InChI is InChI=1S/C27H35F2NO6/c1-4-34-24(25(31)32)19-21-9-13-22(14-10-21)35-18-17-30(16-6-5-15-27(3,28)29)26(33)36-23-11-7-20(2)8-12-23/h7-14,24H,4-6,15-19H2,1-3H3,(H,31,32). The maximum Gasteiger partial charge on any atom is 0.415 e. The SMILES string of the molecule is CCOC(Cc1ccc(OCCN(CCCCC(C)(F)F)C(=O)Oc2ccc(C)cc2)cc1)C(=O)O. The number of aryl methyl sites for hydroxylation is 1. The van der Waals surface area contributed by atoms with Crippen molar-refractivity contribution < 1.29 is 37.7 Å². The van der Waals surface area contributed by atoms with Gasteiger partial charge in [-0.15, -0.1) is 0 Å². The molecule has 0 heterocycles. The summed E-state index contributed by atoms with van der Waals surface area (Å²) in [5, 5.41) is 9.23. The Bertz CT molecular complexity index is 944. The molecule has 0 radical (unpaired) electrons. The van der Waals surface area contributed by atoms with Gasteiger partial charge in [0.15, 0.2) is 6.10 Å². The lowest BCUT2D eigenvalue weighted by Gasteiger charge is -2.22. The minimum Gasteiger partial charge on any atom is -0.492 e. The van der Waals surface area contributed by atoms with Crippen molar-refractivity contribution in [2.75, 3.05) is 26.3 Å². The fourth-order valence-corrected chi connectivity index (χ4v) is 3.43. The van der Waals surface area contributed by atoms with Gasteiger partial charge in [-0.2, -0.15) is 0 Å². The van der Waals surface area contributed by atoms with Crippen LogP contribution < -0.4 is 9.47 Å². The minimum atomic E-state index is -2.74. The van der Waals surface area contributed by atoms with Crippen LogP contribution in [0.25, 0.3) is 0 Å². The first-order valence-corrected chi connectivity index (χ1v) is 12.0. The molecule has 7 nitrogen and oxygen atoms in total. The highest BCUT2D eigenvalue weighted by Crippen LogP contribution is 2.20. The molecule has 0 fully saturated rings. The monoisotopic (exact) mass is 507 g/mol. The molecule has 9 heteroatoms. The lowest BCUT2D eigenvalue weighted by molar-refractivity contribution is -0.149. The Balaban J connectivity index is 1.92. The Morgan fingerprint density at radius 3 is 2.22 bits per heavy atom. The van der Waals surface area contributed by atoms with Crippen molar-refractivity contribution in [1.82, 2.24) is 4.90 Å². The van der Waals surface area contributed by atoms with Crippen molar-refractivity contribution in [3.63, 3.8) is 0 Å². The van der Waals surface area contributed by atoms with Crippen LogP contribution in [0.2, 0.25) is 0 Å². The highest BCUT2D eigenvalue weighted by atomic mass is 19.3. The van der Waals surface area contributed by atoms with Gasteiger partial charge in [-0.1, -0.05) is 29.8 Å². The zero-order valence-corrected chi connectivity index (χ0v) is 21.0. The second kappa shape index (κ2) is 14.4. The van der Waals surface area contributed by atoms with Crippen molar-refractivity contribution in [2.45, 2.75) is 58.5 Å². The predicted molar refractivity (Wildman–Crippen MR) is 132 cm³/mol. The molecular formula is C27H35F2NO6. The fourth-order valence-electron chi connectivity index (χ4n) is 3.43. The van der Waals surface area contributed by atoms with E-state index in [0.717, 1.165) is 18.1 Å². The van der Waals surface area contributed by atoms with Gasteiger partial charge in [0.1, 0.15) is 18.1 Å². The molecule has 0 saturated heterocycles. The van der Waals surface area contributed by atoms with Gasteiger partial charge in [-0.25, -0.2) is 18.4 Å². The summed E-state index contributed by atoms with van der Waals surface area (Å²) in [5.74, 6) is -2.80. The molecule has 1 amide bonds. The van der Waals surface area contributed by atoms with Crippen LogP contribution in [-0.2, 0) is 16.0 Å². The van der Waals surface area contributed by atoms with E-state index >= 15 is 0 Å². The molecule has 0 aliphatic carbocycles. The molecule has 36 heavy (non-hydrogen) atoms. The van der Waals surface area contributed by atoms with Gasteiger partial charge in [-0.05, 0) is 63.4 Å². The first-order valence-electron chi connectivity index (χ1n) is 12.0. The topological polar surface area (TPSA) is 85.3 Å². The number of carboxylic acid groups (broad SMARTS) is 1. The number of ether oxygens (including phenoxy) is 3. The Morgan fingerprint density at radius 2 is 1.64 bits per heavy atom. The third kappa shape index (κ3) is 11.0. The van der Waals surface area contributed by atoms with Crippen molar-refractivity contribution in [3.8, 4) is 11.5 Å². The van der Waals surface area contributed by atoms with Gasteiger partial charge in [0.2, 0.25) is 5.92 Å². The van der Waals surface area contributed by atoms with Crippen LogP contribution in [0.4, 0.5) is 13.6 Å². The van der Waals surface area contributed by atoms with E-state index in [4.69, 9.17) is 14.2 Å². The number of benzene rings is 2. The number of amides is 1. The van der Waals surface area contributed by atoms with E-state index in [2.05, 4.69) is 0 Å². The molecule has 2 aromatic rings. The second-order valence-electron chi connectivity index (χ2n) is 8.67. The smallest absolute Gasteiger partial charge is 0.415 e. The summed E-state index contributed by atoms with van der Waals surface area (Å²) in [6, 6.07) is 14.0. The number of unbranched alkanes of at least 4 members (excludes halogenated alkanes) is 1. The summed E-state index contributed by atoms with van der Waals surface area (Å²) >= 11 is 0. The van der Waals surface area contributed by atoms with Gasteiger partial charge in [0.05, 0.1) is 6.54 Å². The van der Waals surface area contributed by atoms with Crippen LogP contribution in [-0.4, -0.2) is 60.4 Å². The minimum absolute atomic E-state index is 0.170. The van der Waals surface area contributed by atoms with Crippen LogP contribution in [0.1, 0.15) is 44.2 Å². The molecule has 0 saturated carbocycles. The zero-order chi connectivity index (χ0) is 26.6. The number of hydrogen-bond donors (Lipinski definition) is 1.